The summed E-state index contributed by atoms with van der Waals surface area (Å²) < 4.78 is 6.58. The predicted molar refractivity (Wildman–Crippen MR) is 206 cm³/mol. The summed E-state index contributed by atoms with van der Waals surface area (Å²) in [6.07, 6.45) is 0. The van der Waals surface area contributed by atoms with Crippen molar-refractivity contribution in [2.45, 2.75) is 0 Å². The molecule has 0 unspecified atom stereocenters. The lowest BCUT2D eigenvalue weighted by Crippen LogP contribution is -1.83. The van der Waals surface area contributed by atoms with Crippen molar-refractivity contribution in [3.63, 3.8) is 0 Å². The molecule has 0 N–H and O–H groups in total. The highest BCUT2D eigenvalue weighted by atomic mass is 16.3. The van der Waals surface area contributed by atoms with Gasteiger partial charge in [-0.15, -0.1) is 0 Å². The average molecular weight is 625 g/mol. The van der Waals surface area contributed by atoms with Gasteiger partial charge in [0.2, 0.25) is 0 Å². The molecule has 0 aliphatic rings. The van der Waals surface area contributed by atoms with Gasteiger partial charge in [-0.2, -0.15) is 0 Å². The Labute approximate surface area is 286 Å². The van der Waals surface area contributed by atoms with Crippen LogP contribution in [0.3, 0.4) is 0 Å². The molecule has 9 rings (SSSR count). The number of hydrogen-bond donors (Lipinski definition) is 0. The molecule has 0 amide bonds. The van der Waals surface area contributed by atoms with E-state index in [1.807, 2.05) is 0 Å². The molecule has 1 heterocycles. The zero-order chi connectivity index (χ0) is 32.6. The van der Waals surface area contributed by atoms with Gasteiger partial charge in [0.15, 0.2) is 0 Å². The molecule has 0 saturated heterocycles. The molecular formula is C48H32O. The van der Waals surface area contributed by atoms with E-state index in [9.17, 15) is 0 Å². The Balaban J connectivity index is 1.04. The van der Waals surface area contributed by atoms with Gasteiger partial charge >= 0.3 is 0 Å². The maximum atomic E-state index is 6.58. The summed E-state index contributed by atoms with van der Waals surface area (Å²) in [5.41, 5.74) is 16.1. The highest BCUT2D eigenvalue weighted by Crippen LogP contribution is 2.39. The van der Waals surface area contributed by atoms with Crippen molar-refractivity contribution >= 4 is 21.9 Å². The third kappa shape index (κ3) is 5.52. The van der Waals surface area contributed by atoms with E-state index in [-0.39, 0.29) is 0 Å². The lowest BCUT2D eigenvalue weighted by molar-refractivity contribution is 0.670. The van der Waals surface area contributed by atoms with Crippen molar-refractivity contribution in [1.29, 1.82) is 0 Å². The van der Waals surface area contributed by atoms with Gasteiger partial charge in [-0.25, -0.2) is 0 Å². The minimum atomic E-state index is 0.895. The number of fused-ring (bicyclic) bond motifs is 3. The number of hydrogen-bond acceptors (Lipinski definition) is 1. The fourth-order valence-electron chi connectivity index (χ4n) is 6.92. The molecule has 0 fully saturated rings. The summed E-state index contributed by atoms with van der Waals surface area (Å²) in [7, 11) is 0. The van der Waals surface area contributed by atoms with Gasteiger partial charge in [0, 0.05) is 16.3 Å². The van der Waals surface area contributed by atoms with Crippen LogP contribution >= 0.6 is 0 Å². The number of furan rings is 1. The van der Waals surface area contributed by atoms with Crippen LogP contribution in [0.1, 0.15) is 0 Å². The second-order valence-electron chi connectivity index (χ2n) is 12.5. The summed E-state index contributed by atoms with van der Waals surface area (Å²) >= 11 is 0. The molecule has 0 aliphatic carbocycles. The van der Waals surface area contributed by atoms with E-state index in [1.165, 1.54) is 55.6 Å². The van der Waals surface area contributed by atoms with Gasteiger partial charge in [0.1, 0.15) is 11.2 Å². The lowest BCUT2D eigenvalue weighted by Gasteiger charge is -2.08. The van der Waals surface area contributed by atoms with Gasteiger partial charge in [-0.05, 0) is 85.5 Å². The van der Waals surface area contributed by atoms with Crippen molar-refractivity contribution in [3.8, 4) is 66.8 Å². The van der Waals surface area contributed by atoms with E-state index in [4.69, 9.17) is 4.42 Å². The summed E-state index contributed by atoms with van der Waals surface area (Å²) in [5.74, 6) is 0. The minimum Gasteiger partial charge on any atom is -0.455 e. The molecule has 9 aromatic rings. The van der Waals surface area contributed by atoms with Crippen LogP contribution in [0, 0.1) is 0 Å². The number of rotatable bonds is 6. The lowest BCUT2D eigenvalue weighted by atomic mass is 9.95. The van der Waals surface area contributed by atoms with E-state index in [0.717, 1.165) is 33.1 Å². The van der Waals surface area contributed by atoms with E-state index in [1.54, 1.807) is 0 Å². The molecule has 0 spiro atoms. The minimum absolute atomic E-state index is 0.895. The van der Waals surface area contributed by atoms with E-state index >= 15 is 0 Å². The summed E-state index contributed by atoms with van der Waals surface area (Å²) in [6.45, 7) is 0. The monoisotopic (exact) mass is 624 g/mol. The Kier molecular flexibility index (Phi) is 7.22. The molecule has 8 aromatic carbocycles. The summed E-state index contributed by atoms with van der Waals surface area (Å²) in [5, 5.41) is 2.25. The fraction of sp³-hybridized carbons (Fsp3) is 0. The third-order valence-corrected chi connectivity index (χ3v) is 9.52. The molecular weight excluding hydrogens is 593 g/mol. The standard InChI is InChI=1S/C48H32O/c1-3-10-33(11-4-1)35-20-24-37(25-21-35)39-14-7-16-41(30-39)42-28-29-47-46(32-42)45-19-9-18-44(48(45)49-47)43-17-8-15-40(31-43)38-26-22-36(23-27-38)34-12-5-2-6-13-34/h1-32H. The topological polar surface area (TPSA) is 13.1 Å². The normalized spacial score (nSPS) is 11.3. The highest BCUT2D eigenvalue weighted by molar-refractivity contribution is 6.10. The molecule has 230 valence electrons. The average Bonchev–Trinajstić information content (AvgIpc) is 3.57. The predicted octanol–water partition coefficient (Wildman–Crippen LogP) is 13.6. The molecule has 1 heteroatoms. The summed E-state index contributed by atoms with van der Waals surface area (Å²) in [4.78, 5) is 0. The molecule has 0 saturated carbocycles. The fourth-order valence-corrected chi connectivity index (χ4v) is 6.92. The van der Waals surface area contributed by atoms with Crippen LogP contribution in [0.5, 0.6) is 0 Å². The van der Waals surface area contributed by atoms with Gasteiger partial charge in [0.25, 0.3) is 0 Å². The van der Waals surface area contributed by atoms with Crippen LogP contribution in [0.25, 0.3) is 88.7 Å². The zero-order valence-electron chi connectivity index (χ0n) is 26.9. The van der Waals surface area contributed by atoms with Crippen LogP contribution in [-0.2, 0) is 0 Å². The van der Waals surface area contributed by atoms with Crippen molar-refractivity contribution < 1.29 is 4.42 Å². The van der Waals surface area contributed by atoms with E-state index in [2.05, 4.69) is 194 Å². The number of benzene rings is 8. The Hall–Kier alpha value is -6.44. The molecule has 0 aliphatic heterocycles. The van der Waals surface area contributed by atoms with Gasteiger partial charge in [-0.3, -0.25) is 0 Å². The van der Waals surface area contributed by atoms with Gasteiger partial charge in [0.05, 0.1) is 0 Å². The van der Waals surface area contributed by atoms with E-state index < -0.39 is 0 Å². The Bertz CT molecular complexity index is 2560. The van der Waals surface area contributed by atoms with E-state index in [0.29, 0.717) is 0 Å². The zero-order valence-corrected chi connectivity index (χ0v) is 26.9. The first-order chi connectivity index (χ1) is 24.3. The van der Waals surface area contributed by atoms with Gasteiger partial charge in [-0.1, -0.05) is 170 Å². The highest BCUT2D eigenvalue weighted by Gasteiger charge is 2.14. The molecule has 49 heavy (non-hydrogen) atoms. The van der Waals surface area contributed by atoms with Crippen LogP contribution in [0.2, 0.25) is 0 Å². The summed E-state index contributed by atoms with van der Waals surface area (Å²) in [6, 6.07) is 69.3. The molecule has 1 aromatic heterocycles. The van der Waals surface area contributed by atoms with Crippen LogP contribution in [-0.4, -0.2) is 0 Å². The molecule has 0 atom stereocenters. The number of para-hydroxylation sites is 1. The smallest absolute Gasteiger partial charge is 0.143 e. The van der Waals surface area contributed by atoms with Crippen LogP contribution in [0.15, 0.2) is 199 Å². The van der Waals surface area contributed by atoms with Crippen LogP contribution in [0.4, 0.5) is 0 Å². The Morgan fingerprint density at radius 1 is 0.245 bits per heavy atom. The molecule has 1 nitrogen and oxygen atoms in total. The largest absolute Gasteiger partial charge is 0.455 e. The molecule has 0 bridgehead atoms. The second-order valence-corrected chi connectivity index (χ2v) is 12.5. The first-order valence-corrected chi connectivity index (χ1v) is 16.7. The first kappa shape index (κ1) is 28.8. The van der Waals surface area contributed by atoms with Gasteiger partial charge < -0.3 is 4.42 Å². The van der Waals surface area contributed by atoms with Crippen molar-refractivity contribution in [3.05, 3.63) is 194 Å². The van der Waals surface area contributed by atoms with Crippen molar-refractivity contribution in [1.82, 2.24) is 0 Å². The quantitative estimate of drug-likeness (QED) is 0.179. The maximum Gasteiger partial charge on any atom is 0.143 e. The SMILES string of the molecule is c1ccc(-c2ccc(-c3cccc(-c4ccc5oc6c(-c7cccc(-c8ccc(-c9ccccc9)cc8)c7)cccc6c5c4)c3)cc2)cc1. The Morgan fingerprint density at radius 2 is 0.633 bits per heavy atom. The second kappa shape index (κ2) is 12.3. The van der Waals surface area contributed by atoms with Crippen molar-refractivity contribution in [2.75, 3.05) is 0 Å². The first-order valence-electron chi connectivity index (χ1n) is 16.7. The third-order valence-electron chi connectivity index (χ3n) is 9.52. The van der Waals surface area contributed by atoms with Crippen LogP contribution < -0.4 is 0 Å². The maximum absolute atomic E-state index is 6.58. The molecule has 0 radical (unpaired) electrons. The van der Waals surface area contributed by atoms with Crippen molar-refractivity contribution in [2.24, 2.45) is 0 Å². The Morgan fingerprint density at radius 3 is 1.20 bits per heavy atom.